The molecule has 2 unspecified atom stereocenters. The molecule has 4 heteroatoms. The molecule has 4 nitrogen and oxygen atoms in total. The number of aliphatic hydroxyl groups excluding tert-OH is 2. The van der Waals surface area contributed by atoms with Crippen molar-refractivity contribution in [2.75, 3.05) is 6.61 Å². The number of rotatable bonds is 44. The van der Waals surface area contributed by atoms with Crippen molar-refractivity contribution in [1.29, 1.82) is 0 Å². The lowest BCUT2D eigenvalue weighted by molar-refractivity contribution is -0.123. The zero-order chi connectivity index (χ0) is 42.8. The molecule has 1 amide bonds. The van der Waals surface area contributed by atoms with E-state index in [2.05, 4.69) is 104 Å². The first-order chi connectivity index (χ1) is 29.2. The first-order valence-corrected chi connectivity index (χ1v) is 25.0. The van der Waals surface area contributed by atoms with Crippen LogP contribution in [-0.4, -0.2) is 34.9 Å². The third kappa shape index (κ3) is 46.2. The lowest BCUT2D eigenvalue weighted by Gasteiger charge is -2.19. The Morgan fingerprint density at radius 1 is 0.424 bits per heavy atom. The molecule has 0 aromatic carbocycles. The summed E-state index contributed by atoms with van der Waals surface area (Å²) < 4.78 is 0. The maximum absolute atomic E-state index is 12.4. The fraction of sp³-hybridized carbons (Fsp3) is 0.691. The number of aliphatic hydroxyl groups is 2. The van der Waals surface area contributed by atoms with Crippen LogP contribution in [0, 0.1) is 0 Å². The SMILES string of the molecule is CC/C=C\C/C=C\C/C=C\C/C=C\C/C=C\C/C=C\CCCCCCCCCCC(=O)NC(CO)C(O)/C=C/CC/C=C/CCCCCCCCCCCCCCCC. The molecular weight excluding hydrogens is 723 g/mol. The normalized spacial score (nSPS) is 13.8. The molecule has 0 aliphatic carbocycles. The van der Waals surface area contributed by atoms with E-state index in [1.807, 2.05) is 6.08 Å². The Hall–Kier alpha value is -2.69. The Kier molecular flexibility index (Phi) is 47.4. The number of amides is 1. The average molecular weight is 818 g/mol. The van der Waals surface area contributed by atoms with Gasteiger partial charge in [0.05, 0.1) is 18.8 Å². The van der Waals surface area contributed by atoms with E-state index in [4.69, 9.17) is 0 Å². The van der Waals surface area contributed by atoms with Gasteiger partial charge in [0.1, 0.15) is 0 Å². The smallest absolute Gasteiger partial charge is 0.220 e. The summed E-state index contributed by atoms with van der Waals surface area (Å²) in [5.74, 6) is -0.0858. The largest absolute Gasteiger partial charge is 0.394 e. The number of carbonyl (C=O) groups is 1. The van der Waals surface area contributed by atoms with Crippen molar-refractivity contribution in [1.82, 2.24) is 5.32 Å². The van der Waals surface area contributed by atoms with Crippen LogP contribution in [0.5, 0.6) is 0 Å². The summed E-state index contributed by atoms with van der Waals surface area (Å²) >= 11 is 0. The van der Waals surface area contributed by atoms with Crippen LogP contribution in [-0.2, 0) is 4.79 Å². The highest BCUT2D eigenvalue weighted by atomic mass is 16.3. The molecule has 338 valence electrons. The van der Waals surface area contributed by atoms with Gasteiger partial charge in [-0.1, -0.05) is 233 Å². The molecule has 0 heterocycles. The molecule has 0 aliphatic rings. The van der Waals surface area contributed by atoms with Gasteiger partial charge in [0.25, 0.3) is 0 Å². The summed E-state index contributed by atoms with van der Waals surface area (Å²) in [7, 11) is 0. The van der Waals surface area contributed by atoms with Gasteiger partial charge in [-0.05, 0) is 83.5 Å². The van der Waals surface area contributed by atoms with Crippen molar-refractivity contribution >= 4 is 5.91 Å². The Bertz CT molecular complexity index is 1110. The average Bonchev–Trinajstić information content (AvgIpc) is 3.24. The molecule has 0 fully saturated rings. The van der Waals surface area contributed by atoms with Crippen molar-refractivity contribution < 1.29 is 15.0 Å². The van der Waals surface area contributed by atoms with Crippen LogP contribution in [0.3, 0.4) is 0 Å². The zero-order valence-electron chi connectivity index (χ0n) is 38.7. The summed E-state index contributed by atoms with van der Waals surface area (Å²) in [5.41, 5.74) is 0. The summed E-state index contributed by atoms with van der Waals surface area (Å²) in [4.78, 5) is 12.4. The van der Waals surface area contributed by atoms with Crippen molar-refractivity contribution in [2.45, 2.75) is 238 Å². The molecule has 0 saturated heterocycles. The van der Waals surface area contributed by atoms with Crippen LogP contribution in [0.15, 0.2) is 97.2 Å². The monoisotopic (exact) mass is 818 g/mol. The molecule has 0 rings (SSSR count). The van der Waals surface area contributed by atoms with Gasteiger partial charge in [-0.15, -0.1) is 0 Å². The van der Waals surface area contributed by atoms with Crippen LogP contribution in [0.4, 0.5) is 0 Å². The topological polar surface area (TPSA) is 69.6 Å². The Morgan fingerprint density at radius 3 is 1.19 bits per heavy atom. The predicted molar refractivity (Wildman–Crippen MR) is 262 cm³/mol. The van der Waals surface area contributed by atoms with E-state index in [1.165, 1.54) is 122 Å². The Balaban J connectivity index is 3.65. The molecule has 0 bridgehead atoms. The fourth-order valence-electron chi connectivity index (χ4n) is 7.02. The van der Waals surface area contributed by atoms with Gasteiger partial charge in [0, 0.05) is 6.42 Å². The summed E-state index contributed by atoms with van der Waals surface area (Å²) in [6.45, 7) is 4.18. The van der Waals surface area contributed by atoms with Crippen LogP contribution >= 0.6 is 0 Å². The maximum Gasteiger partial charge on any atom is 0.220 e. The lowest BCUT2D eigenvalue weighted by atomic mass is 10.0. The number of hydrogen-bond donors (Lipinski definition) is 3. The number of hydrogen-bond acceptors (Lipinski definition) is 3. The highest BCUT2D eigenvalue weighted by Gasteiger charge is 2.17. The van der Waals surface area contributed by atoms with E-state index in [0.717, 1.165) is 83.5 Å². The fourth-order valence-corrected chi connectivity index (χ4v) is 7.02. The molecule has 59 heavy (non-hydrogen) atoms. The standard InChI is InChI=1S/C55H95NO3/c1-3-5-7-9-11-13-15-17-19-21-23-25-26-27-28-29-30-31-33-35-37-39-41-43-45-47-49-51-55(59)56-53(52-57)54(58)50-48-46-44-42-40-38-36-34-32-24-22-20-18-16-14-12-10-8-6-4-2/h5,7,11,13,17,19,23,25,27-28,30-31,40,42,48,50,53-54,57-58H,3-4,6,8-10,12,14-16,18,20-22,24,26,29,32-39,41,43-47,49,51-52H2,1-2H3,(H,56,59)/b7-5-,13-11-,19-17-,25-23-,28-27-,31-30-,42-40+,50-48+. The van der Waals surface area contributed by atoms with Crippen LogP contribution in [0.1, 0.15) is 226 Å². The predicted octanol–water partition coefficient (Wildman–Crippen LogP) is 16.2. The van der Waals surface area contributed by atoms with E-state index in [-0.39, 0.29) is 12.5 Å². The van der Waals surface area contributed by atoms with Gasteiger partial charge in [-0.25, -0.2) is 0 Å². The molecule has 0 aromatic heterocycles. The van der Waals surface area contributed by atoms with Gasteiger partial charge in [0.2, 0.25) is 5.91 Å². The third-order valence-corrected chi connectivity index (χ3v) is 10.8. The van der Waals surface area contributed by atoms with Crippen molar-refractivity contribution in [3.8, 4) is 0 Å². The molecule has 0 aromatic rings. The second kappa shape index (κ2) is 49.7. The molecule has 0 saturated carbocycles. The van der Waals surface area contributed by atoms with Crippen LogP contribution in [0.2, 0.25) is 0 Å². The van der Waals surface area contributed by atoms with E-state index >= 15 is 0 Å². The van der Waals surface area contributed by atoms with Crippen LogP contribution < -0.4 is 5.32 Å². The minimum atomic E-state index is -0.872. The van der Waals surface area contributed by atoms with Gasteiger partial charge in [0.15, 0.2) is 0 Å². The highest BCUT2D eigenvalue weighted by molar-refractivity contribution is 5.76. The third-order valence-electron chi connectivity index (χ3n) is 10.8. The summed E-state index contributed by atoms with van der Waals surface area (Å²) in [5, 5.41) is 23.1. The van der Waals surface area contributed by atoms with E-state index in [0.29, 0.717) is 6.42 Å². The molecule has 0 aliphatic heterocycles. The van der Waals surface area contributed by atoms with Crippen molar-refractivity contribution in [3.05, 3.63) is 97.2 Å². The van der Waals surface area contributed by atoms with E-state index < -0.39 is 12.1 Å². The number of nitrogens with one attached hydrogen (secondary N) is 1. The van der Waals surface area contributed by atoms with Gasteiger partial charge < -0.3 is 15.5 Å². The number of carbonyl (C=O) groups excluding carboxylic acids is 1. The molecular formula is C55H95NO3. The van der Waals surface area contributed by atoms with Gasteiger partial charge in [-0.2, -0.15) is 0 Å². The van der Waals surface area contributed by atoms with Crippen LogP contribution in [0.25, 0.3) is 0 Å². The molecule has 3 N–H and O–H groups in total. The molecule has 0 spiro atoms. The summed E-state index contributed by atoms with van der Waals surface area (Å²) in [6.07, 6.45) is 73.9. The second-order valence-electron chi connectivity index (χ2n) is 16.5. The van der Waals surface area contributed by atoms with Crippen molar-refractivity contribution in [3.63, 3.8) is 0 Å². The van der Waals surface area contributed by atoms with E-state index in [9.17, 15) is 15.0 Å². The summed E-state index contributed by atoms with van der Waals surface area (Å²) in [6, 6.07) is -0.650. The maximum atomic E-state index is 12.4. The quantitative estimate of drug-likeness (QED) is 0.0424. The van der Waals surface area contributed by atoms with Gasteiger partial charge in [-0.3, -0.25) is 4.79 Å². The zero-order valence-corrected chi connectivity index (χ0v) is 38.7. The lowest BCUT2D eigenvalue weighted by Crippen LogP contribution is -2.45. The molecule has 2 atom stereocenters. The minimum Gasteiger partial charge on any atom is -0.394 e. The van der Waals surface area contributed by atoms with Gasteiger partial charge >= 0.3 is 0 Å². The van der Waals surface area contributed by atoms with Crippen molar-refractivity contribution in [2.24, 2.45) is 0 Å². The molecule has 0 radical (unpaired) electrons. The van der Waals surface area contributed by atoms with E-state index in [1.54, 1.807) is 6.08 Å². The number of allylic oxidation sites excluding steroid dienone is 15. The minimum absolute atomic E-state index is 0.0858. The first-order valence-electron chi connectivity index (χ1n) is 25.0. The Labute approximate surface area is 366 Å². The second-order valence-corrected chi connectivity index (χ2v) is 16.5. The number of unbranched alkanes of at least 4 members (excludes halogenated alkanes) is 23. The Morgan fingerprint density at radius 2 is 0.763 bits per heavy atom. The highest BCUT2D eigenvalue weighted by Crippen LogP contribution is 2.14. The first kappa shape index (κ1) is 56.3.